The lowest BCUT2D eigenvalue weighted by atomic mass is 10.4. The van der Waals surface area contributed by atoms with Crippen molar-refractivity contribution in [2.45, 2.75) is 19.0 Å². The molecule has 2 N–H and O–H groups in total. The molecule has 1 aliphatic rings. The number of aliphatic hydroxyl groups is 1. The van der Waals surface area contributed by atoms with E-state index in [1.807, 2.05) is 0 Å². The van der Waals surface area contributed by atoms with E-state index in [2.05, 4.69) is 22.8 Å². The van der Waals surface area contributed by atoms with Gasteiger partial charge in [-0.25, -0.2) is 0 Å². The Morgan fingerprint density at radius 1 is 1.67 bits per heavy atom. The fourth-order valence-electron chi connectivity index (χ4n) is 1.34. The van der Waals surface area contributed by atoms with Crippen LogP contribution in [0.5, 0.6) is 0 Å². The van der Waals surface area contributed by atoms with Gasteiger partial charge in [0.25, 0.3) is 0 Å². The molecule has 2 nitrogen and oxygen atoms in total. The second-order valence-electron chi connectivity index (χ2n) is 3.25. The van der Waals surface area contributed by atoms with Crippen molar-refractivity contribution in [1.82, 2.24) is 5.32 Å². The van der Waals surface area contributed by atoms with E-state index >= 15 is 0 Å². The molecule has 2 atom stereocenters. The number of thiophene rings is 1. The topological polar surface area (TPSA) is 32.3 Å². The monoisotopic (exact) mass is 183 g/mol. The largest absolute Gasteiger partial charge is 0.396 e. The Bertz CT molecular complexity index is 235. The molecule has 1 aromatic heterocycles. The van der Waals surface area contributed by atoms with Crippen LogP contribution in [-0.4, -0.2) is 17.8 Å². The van der Waals surface area contributed by atoms with Gasteiger partial charge in [-0.05, 0) is 23.8 Å². The molecule has 0 radical (unpaired) electrons. The average Bonchev–Trinajstić information content (AvgIpc) is 2.67. The minimum atomic E-state index is 0.335. The highest BCUT2D eigenvalue weighted by Crippen LogP contribution is 2.29. The second-order valence-corrected chi connectivity index (χ2v) is 4.28. The Labute approximate surface area is 76.2 Å². The van der Waals surface area contributed by atoms with Gasteiger partial charge in [-0.1, -0.05) is 6.07 Å². The van der Waals surface area contributed by atoms with Crippen LogP contribution in [0, 0.1) is 5.92 Å². The van der Waals surface area contributed by atoms with Gasteiger partial charge in [0.05, 0.1) is 0 Å². The number of hydrogen-bond donors (Lipinski definition) is 2. The van der Waals surface area contributed by atoms with E-state index in [0.717, 1.165) is 13.0 Å². The summed E-state index contributed by atoms with van der Waals surface area (Å²) in [5.74, 6) is 0.518. The Morgan fingerprint density at radius 3 is 3.17 bits per heavy atom. The number of nitrogens with one attached hydrogen (secondary N) is 1. The molecule has 0 aromatic carbocycles. The van der Waals surface area contributed by atoms with Crippen LogP contribution in [0.15, 0.2) is 17.5 Å². The van der Waals surface area contributed by atoms with Crippen LogP contribution >= 0.6 is 11.3 Å². The van der Waals surface area contributed by atoms with Gasteiger partial charge in [0.15, 0.2) is 0 Å². The van der Waals surface area contributed by atoms with Gasteiger partial charge in [-0.3, -0.25) is 0 Å². The van der Waals surface area contributed by atoms with Crippen LogP contribution in [0.1, 0.15) is 11.3 Å². The molecule has 0 amide bonds. The Balaban J connectivity index is 1.71. The second kappa shape index (κ2) is 3.56. The number of rotatable bonds is 4. The molecule has 2 rings (SSSR count). The Kier molecular flexibility index (Phi) is 2.44. The summed E-state index contributed by atoms with van der Waals surface area (Å²) in [7, 11) is 0. The molecule has 1 aromatic rings. The molecule has 66 valence electrons. The first-order valence-corrected chi connectivity index (χ1v) is 5.14. The lowest BCUT2D eigenvalue weighted by molar-refractivity contribution is 0.271. The third-order valence-electron chi connectivity index (χ3n) is 2.28. The molecule has 2 unspecified atom stereocenters. The predicted molar refractivity (Wildman–Crippen MR) is 50.1 cm³/mol. The summed E-state index contributed by atoms with van der Waals surface area (Å²) >= 11 is 1.78. The van der Waals surface area contributed by atoms with Crippen LogP contribution in [-0.2, 0) is 6.54 Å². The predicted octanol–water partition coefficient (Wildman–Crippen LogP) is 1.22. The highest BCUT2D eigenvalue weighted by molar-refractivity contribution is 7.09. The van der Waals surface area contributed by atoms with E-state index in [0.29, 0.717) is 18.6 Å². The first-order valence-electron chi connectivity index (χ1n) is 4.27. The van der Waals surface area contributed by atoms with Crippen molar-refractivity contribution in [1.29, 1.82) is 0 Å². The van der Waals surface area contributed by atoms with Crippen molar-refractivity contribution in [3.63, 3.8) is 0 Å². The molecule has 12 heavy (non-hydrogen) atoms. The molecule has 1 aliphatic carbocycles. The van der Waals surface area contributed by atoms with Crippen molar-refractivity contribution in [3.05, 3.63) is 22.4 Å². The number of hydrogen-bond acceptors (Lipinski definition) is 3. The molecule has 0 aliphatic heterocycles. The third-order valence-corrected chi connectivity index (χ3v) is 3.15. The van der Waals surface area contributed by atoms with Crippen molar-refractivity contribution in [2.24, 2.45) is 5.92 Å². The summed E-state index contributed by atoms with van der Waals surface area (Å²) in [6.45, 7) is 1.29. The van der Waals surface area contributed by atoms with Gasteiger partial charge in [-0.15, -0.1) is 11.3 Å². The van der Waals surface area contributed by atoms with Crippen molar-refractivity contribution < 1.29 is 5.11 Å². The maximum absolute atomic E-state index is 8.80. The lowest BCUT2D eigenvalue weighted by Gasteiger charge is -1.99. The van der Waals surface area contributed by atoms with Crippen molar-refractivity contribution in [2.75, 3.05) is 6.61 Å². The molecule has 1 fully saturated rings. The van der Waals surface area contributed by atoms with Gasteiger partial charge in [0.2, 0.25) is 0 Å². The Morgan fingerprint density at radius 2 is 2.58 bits per heavy atom. The molecular formula is C9H13NOS. The molecule has 1 heterocycles. The standard InChI is InChI=1S/C9H13NOS/c11-6-7-4-9(7)10-5-8-2-1-3-12-8/h1-3,7,9-11H,4-6H2. The molecule has 0 saturated heterocycles. The zero-order valence-corrected chi connectivity index (χ0v) is 7.68. The van der Waals surface area contributed by atoms with E-state index in [4.69, 9.17) is 5.11 Å². The van der Waals surface area contributed by atoms with Gasteiger partial charge in [0.1, 0.15) is 0 Å². The maximum Gasteiger partial charge on any atom is 0.0474 e. The zero-order chi connectivity index (χ0) is 8.39. The molecule has 0 spiro atoms. The van der Waals surface area contributed by atoms with Crippen molar-refractivity contribution in [3.8, 4) is 0 Å². The molecule has 3 heteroatoms. The molecular weight excluding hydrogens is 170 g/mol. The van der Waals surface area contributed by atoms with Crippen LogP contribution in [0.25, 0.3) is 0 Å². The summed E-state index contributed by atoms with van der Waals surface area (Å²) < 4.78 is 0. The highest BCUT2D eigenvalue weighted by atomic mass is 32.1. The van der Waals surface area contributed by atoms with Gasteiger partial charge < -0.3 is 10.4 Å². The van der Waals surface area contributed by atoms with E-state index in [9.17, 15) is 0 Å². The van der Waals surface area contributed by atoms with Crippen molar-refractivity contribution >= 4 is 11.3 Å². The van der Waals surface area contributed by atoms with E-state index in [1.54, 1.807) is 11.3 Å². The molecule has 1 saturated carbocycles. The smallest absolute Gasteiger partial charge is 0.0474 e. The van der Waals surface area contributed by atoms with E-state index in [-0.39, 0.29) is 0 Å². The zero-order valence-electron chi connectivity index (χ0n) is 6.86. The average molecular weight is 183 g/mol. The summed E-state index contributed by atoms with van der Waals surface area (Å²) in [5, 5.41) is 14.3. The van der Waals surface area contributed by atoms with Crippen LogP contribution in [0.4, 0.5) is 0 Å². The minimum Gasteiger partial charge on any atom is -0.396 e. The summed E-state index contributed by atoms with van der Waals surface area (Å²) in [5.41, 5.74) is 0. The van der Waals surface area contributed by atoms with Gasteiger partial charge >= 0.3 is 0 Å². The normalized spacial score (nSPS) is 27.4. The van der Waals surface area contributed by atoms with E-state index < -0.39 is 0 Å². The Hall–Kier alpha value is -0.380. The SMILES string of the molecule is OCC1CC1NCc1cccs1. The first kappa shape index (κ1) is 8.23. The van der Waals surface area contributed by atoms with Crippen LogP contribution in [0.2, 0.25) is 0 Å². The van der Waals surface area contributed by atoms with Gasteiger partial charge in [0, 0.05) is 24.1 Å². The molecule has 0 bridgehead atoms. The minimum absolute atomic E-state index is 0.335. The van der Waals surface area contributed by atoms with Crippen LogP contribution < -0.4 is 5.32 Å². The van der Waals surface area contributed by atoms with E-state index in [1.165, 1.54) is 4.88 Å². The number of aliphatic hydroxyl groups excluding tert-OH is 1. The summed E-state index contributed by atoms with van der Waals surface area (Å²) in [6, 6.07) is 4.77. The summed E-state index contributed by atoms with van der Waals surface area (Å²) in [4.78, 5) is 1.37. The third kappa shape index (κ3) is 1.86. The van der Waals surface area contributed by atoms with Crippen LogP contribution in [0.3, 0.4) is 0 Å². The highest BCUT2D eigenvalue weighted by Gasteiger charge is 2.35. The fraction of sp³-hybridized carbons (Fsp3) is 0.556. The maximum atomic E-state index is 8.80. The lowest BCUT2D eigenvalue weighted by Crippen LogP contribution is -2.17. The quantitative estimate of drug-likeness (QED) is 0.735. The van der Waals surface area contributed by atoms with Gasteiger partial charge in [-0.2, -0.15) is 0 Å². The fourth-order valence-corrected chi connectivity index (χ4v) is 2.00. The first-order chi connectivity index (χ1) is 5.90. The summed E-state index contributed by atoms with van der Waals surface area (Å²) in [6.07, 6.45) is 1.14.